The molecule has 4 rings (SSSR count). The van der Waals surface area contributed by atoms with Crippen molar-refractivity contribution < 1.29 is 9.90 Å². The fraction of sp³-hybridized carbons (Fsp3) is 0.500. The van der Waals surface area contributed by atoms with Crippen molar-refractivity contribution in [3.63, 3.8) is 0 Å². The Morgan fingerprint density at radius 3 is 2.36 bits per heavy atom. The SMILES string of the molecule is Cc1cc(-c2[nH]c3ccc(C4CCN(CC(C)(C)C(=O)O)CC4)cc3c2C(C)C)cc(C)n1. The molecular weight excluding hydrogens is 410 g/mol. The summed E-state index contributed by atoms with van der Waals surface area (Å²) >= 11 is 0. The lowest BCUT2D eigenvalue weighted by atomic mass is 9.86. The lowest BCUT2D eigenvalue weighted by molar-refractivity contribution is -0.148. The highest BCUT2D eigenvalue weighted by Crippen LogP contribution is 2.38. The van der Waals surface area contributed by atoms with Gasteiger partial charge in [0, 0.05) is 34.4 Å². The number of aromatic nitrogens is 2. The number of aryl methyl sites for hydroxylation is 2. The lowest BCUT2D eigenvalue weighted by Crippen LogP contribution is -2.42. The Kier molecular flexibility index (Phi) is 6.37. The average molecular weight is 448 g/mol. The Labute approximate surface area is 197 Å². The molecule has 176 valence electrons. The number of fused-ring (bicyclic) bond motifs is 1. The van der Waals surface area contributed by atoms with Crippen LogP contribution < -0.4 is 0 Å². The van der Waals surface area contributed by atoms with Crippen molar-refractivity contribution in [2.75, 3.05) is 19.6 Å². The Balaban J connectivity index is 1.61. The molecule has 0 aliphatic carbocycles. The molecule has 1 aromatic carbocycles. The first-order valence-corrected chi connectivity index (χ1v) is 12.1. The van der Waals surface area contributed by atoms with Crippen molar-refractivity contribution in [2.24, 2.45) is 5.41 Å². The van der Waals surface area contributed by atoms with Gasteiger partial charge in [0.2, 0.25) is 0 Å². The molecule has 0 amide bonds. The summed E-state index contributed by atoms with van der Waals surface area (Å²) in [7, 11) is 0. The zero-order chi connectivity index (χ0) is 23.9. The molecule has 1 fully saturated rings. The van der Waals surface area contributed by atoms with Gasteiger partial charge in [-0.2, -0.15) is 0 Å². The maximum atomic E-state index is 11.5. The number of aliphatic carboxylic acids is 1. The third kappa shape index (κ3) is 4.84. The second-order valence-corrected chi connectivity index (χ2v) is 10.8. The summed E-state index contributed by atoms with van der Waals surface area (Å²) in [5.74, 6) is 0.194. The molecule has 2 aromatic heterocycles. The molecule has 0 atom stereocenters. The number of piperidine rings is 1. The normalized spacial score (nSPS) is 16.1. The minimum Gasteiger partial charge on any atom is -0.481 e. The molecule has 3 aromatic rings. The third-order valence-corrected chi connectivity index (χ3v) is 7.07. The van der Waals surface area contributed by atoms with E-state index in [-0.39, 0.29) is 0 Å². The van der Waals surface area contributed by atoms with Crippen molar-refractivity contribution in [2.45, 2.75) is 66.2 Å². The molecule has 1 saturated heterocycles. The number of carbonyl (C=O) groups is 1. The number of pyridine rings is 1. The predicted molar refractivity (Wildman–Crippen MR) is 135 cm³/mol. The molecule has 33 heavy (non-hydrogen) atoms. The third-order valence-electron chi connectivity index (χ3n) is 7.07. The van der Waals surface area contributed by atoms with Crippen LogP contribution in [0.15, 0.2) is 30.3 Å². The number of H-pyrrole nitrogens is 1. The van der Waals surface area contributed by atoms with Gasteiger partial charge < -0.3 is 15.0 Å². The Morgan fingerprint density at radius 1 is 1.15 bits per heavy atom. The fourth-order valence-corrected chi connectivity index (χ4v) is 5.34. The highest BCUT2D eigenvalue weighted by Gasteiger charge is 2.32. The van der Waals surface area contributed by atoms with Crippen LogP contribution in [0.4, 0.5) is 0 Å². The van der Waals surface area contributed by atoms with E-state index in [4.69, 9.17) is 0 Å². The van der Waals surface area contributed by atoms with Crippen molar-refractivity contribution in [1.29, 1.82) is 0 Å². The van der Waals surface area contributed by atoms with Gasteiger partial charge in [0.15, 0.2) is 0 Å². The van der Waals surface area contributed by atoms with Gasteiger partial charge in [0.1, 0.15) is 0 Å². The topological polar surface area (TPSA) is 69.2 Å². The van der Waals surface area contributed by atoms with Gasteiger partial charge in [-0.1, -0.05) is 19.9 Å². The number of likely N-dealkylation sites (tertiary alicyclic amines) is 1. The van der Waals surface area contributed by atoms with Gasteiger partial charge in [-0.05, 0) is 101 Å². The molecule has 1 aliphatic heterocycles. The van der Waals surface area contributed by atoms with Crippen LogP contribution in [0.5, 0.6) is 0 Å². The van der Waals surface area contributed by atoms with E-state index < -0.39 is 11.4 Å². The van der Waals surface area contributed by atoms with E-state index in [9.17, 15) is 9.90 Å². The molecule has 1 aliphatic rings. The van der Waals surface area contributed by atoms with Gasteiger partial charge in [-0.25, -0.2) is 0 Å². The zero-order valence-corrected chi connectivity index (χ0v) is 20.8. The number of nitrogens with zero attached hydrogens (tertiary/aromatic N) is 2. The predicted octanol–water partition coefficient (Wildman–Crippen LogP) is 6.26. The molecule has 2 N–H and O–H groups in total. The van der Waals surface area contributed by atoms with Gasteiger partial charge in [-0.15, -0.1) is 0 Å². The first-order chi connectivity index (χ1) is 15.5. The first kappa shape index (κ1) is 23.5. The molecule has 0 bridgehead atoms. The molecule has 0 spiro atoms. The van der Waals surface area contributed by atoms with Crippen molar-refractivity contribution >= 4 is 16.9 Å². The van der Waals surface area contributed by atoms with Crippen molar-refractivity contribution in [3.8, 4) is 11.3 Å². The smallest absolute Gasteiger partial charge is 0.310 e. The van der Waals surface area contributed by atoms with Gasteiger partial charge >= 0.3 is 5.97 Å². The van der Waals surface area contributed by atoms with E-state index in [1.54, 1.807) is 0 Å². The number of carboxylic acid groups (broad SMARTS) is 1. The van der Waals surface area contributed by atoms with E-state index >= 15 is 0 Å². The minimum absolute atomic E-state index is 0.401. The molecule has 3 heterocycles. The monoisotopic (exact) mass is 447 g/mol. The van der Waals surface area contributed by atoms with Crippen LogP contribution in [0.25, 0.3) is 22.2 Å². The molecule has 0 unspecified atom stereocenters. The van der Waals surface area contributed by atoms with Crippen LogP contribution in [0, 0.1) is 19.3 Å². The molecule has 5 nitrogen and oxygen atoms in total. The van der Waals surface area contributed by atoms with Crippen LogP contribution in [-0.2, 0) is 4.79 Å². The fourth-order valence-electron chi connectivity index (χ4n) is 5.34. The minimum atomic E-state index is -0.723. The highest BCUT2D eigenvalue weighted by molar-refractivity contribution is 5.92. The van der Waals surface area contributed by atoms with Crippen LogP contribution in [0.3, 0.4) is 0 Å². The number of carboxylic acids is 1. The summed E-state index contributed by atoms with van der Waals surface area (Å²) in [4.78, 5) is 22.1. The average Bonchev–Trinajstić information content (AvgIpc) is 3.12. The van der Waals surface area contributed by atoms with Crippen molar-refractivity contribution in [1.82, 2.24) is 14.9 Å². The summed E-state index contributed by atoms with van der Waals surface area (Å²) in [6.45, 7) is 14.8. The molecule has 0 saturated carbocycles. The van der Waals surface area contributed by atoms with Crippen molar-refractivity contribution in [3.05, 3.63) is 52.8 Å². The van der Waals surface area contributed by atoms with E-state index in [0.29, 0.717) is 18.4 Å². The number of aromatic amines is 1. The summed E-state index contributed by atoms with van der Waals surface area (Å²) in [5.41, 5.74) is 7.74. The maximum Gasteiger partial charge on any atom is 0.310 e. The van der Waals surface area contributed by atoms with E-state index in [1.165, 1.54) is 33.3 Å². The van der Waals surface area contributed by atoms with Gasteiger partial charge in [0.05, 0.1) is 11.1 Å². The van der Waals surface area contributed by atoms with Gasteiger partial charge in [0.25, 0.3) is 0 Å². The standard InChI is InChI=1S/C28H37N3O2/c1-17(2)25-23-15-21(20-9-11-31(12-10-20)16-28(5,6)27(32)33)7-8-24(23)30-26(25)22-13-18(3)29-19(4)14-22/h7-8,13-15,17,20,30H,9-12,16H2,1-6H3,(H,32,33). The summed E-state index contributed by atoms with van der Waals surface area (Å²) in [5, 5.41) is 10.8. The summed E-state index contributed by atoms with van der Waals surface area (Å²) < 4.78 is 0. The number of benzene rings is 1. The summed E-state index contributed by atoms with van der Waals surface area (Å²) in [6, 6.07) is 11.2. The number of rotatable bonds is 6. The Hall–Kier alpha value is -2.66. The highest BCUT2D eigenvalue weighted by atomic mass is 16.4. The zero-order valence-electron chi connectivity index (χ0n) is 20.8. The first-order valence-electron chi connectivity index (χ1n) is 12.1. The second kappa shape index (κ2) is 8.94. The van der Waals surface area contributed by atoms with Gasteiger partial charge in [-0.3, -0.25) is 9.78 Å². The van der Waals surface area contributed by atoms with E-state index in [2.05, 4.69) is 72.9 Å². The van der Waals surface area contributed by atoms with E-state index in [1.807, 2.05) is 13.8 Å². The molecular formula is C28H37N3O2. The van der Waals surface area contributed by atoms with E-state index in [0.717, 1.165) is 37.3 Å². The largest absolute Gasteiger partial charge is 0.481 e. The molecule has 0 radical (unpaired) electrons. The Bertz CT molecular complexity index is 1150. The Morgan fingerprint density at radius 2 is 1.79 bits per heavy atom. The maximum absolute atomic E-state index is 11.5. The van der Waals surface area contributed by atoms with Crippen LogP contribution in [0.1, 0.15) is 74.9 Å². The lowest BCUT2D eigenvalue weighted by Gasteiger charge is -2.35. The van der Waals surface area contributed by atoms with Crippen LogP contribution >= 0.6 is 0 Å². The summed E-state index contributed by atoms with van der Waals surface area (Å²) in [6.07, 6.45) is 2.14. The number of hydrogen-bond acceptors (Lipinski definition) is 3. The van der Waals surface area contributed by atoms with Crippen LogP contribution in [0.2, 0.25) is 0 Å². The molecule has 5 heteroatoms. The van der Waals surface area contributed by atoms with Crippen LogP contribution in [-0.4, -0.2) is 45.6 Å². The number of hydrogen-bond donors (Lipinski definition) is 2. The quantitative estimate of drug-likeness (QED) is 0.468. The second-order valence-electron chi connectivity index (χ2n) is 10.8. The number of nitrogens with one attached hydrogen (secondary N) is 1.